The molecule has 194 valence electrons. The van der Waals surface area contributed by atoms with Gasteiger partial charge < -0.3 is 24.0 Å². The van der Waals surface area contributed by atoms with Gasteiger partial charge in [-0.05, 0) is 102 Å². The first kappa shape index (κ1) is 24.9. The number of para-hydroxylation sites is 1. The monoisotopic (exact) mass is 484 g/mol. The van der Waals surface area contributed by atoms with Gasteiger partial charge in [-0.25, -0.2) is 4.79 Å². The van der Waals surface area contributed by atoms with E-state index in [4.69, 9.17) is 14.2 Å². The average Bonchev–Trinajstić information content (AvgIpc) is 3.28. The highest BCUT2D eigenvalue weighted by atomic mass is 16.6. The quantitative estimate of drug-likeness (QED) is 0.555. The fourth-order valence-electron chi connectivity index (χ4n) is 6.64. The normalized spacial score (nSPS) is 26.0. The number of likely N-dealkylation sites (tertiary alicyclic amines) is 2. The summed E-state index contributed by atoms with van der Waals surface area (Å²) in [6.45, 7) is 12.4. The van der Waals surface area contributed by atoms with Crippen LogP contribution in [0.15, 0.2) is 24.3 Å². The van der Waals surface area contributed by atoms with E-state index in [0.717, 1.165) is 64.6 Å². The summed E-state index contributed by atoms with van der Waals surface area (Å²) in [5.74, 6) is 2.29. The van der Waals surface area contributed by atoms with Gasteiger partial charge >= 0.3 is 6.09 Å². The highest BCUT2D eigenvalue weighted by molar-refractivity contribution is 5.69. The lowest BCUT2D eigenvalue weighted by Crippen LogP contribution is -2.58. The molecule has 0 unspecified atom stereocenters. The summed E-state index contributed by atoms with van der Waals surface area (Å²) in [4.78, 5) is 17.0. The molecule has 1 aliphatic carbocycles. The van der Waals surface area contributed by atoms with Crippen LogP contribution in [0.3, 0.4) is 0 Å². The summed E-state index contributed by atoms with van der Waals surface area (Å²) in [5, 5.41) is 0. The van der Waals surface area contributed by atoms with Gasteiger partial charge in [0.25, 0.3) is 0 Å². The second kappa shape index (κ2) is 10.3. The van der Waals surface area contributed by atoms with Crippen LogP contribution in [0.4, 0.5) is 4.79 Å². The Morgan fingerprint density at radius 3 is 2.49 bits per heavy atom. The average molecular weight is 485 g/mol. The van der Waals surface area contributed by atoms with Crippen LogP contribution in [0.25, 0.3) is 0 Å². The standard InChI is InChI=1S/C29H44N2O4/c1-28(2,3)35-27(32)31-20-29(21-31)13-8-24(18-29)30-14-9-23(10-15-30)25-6-4-5-7-26(25)34-19-22-11-16-33-17-12-22/h4-7,22-24H,8-21H2,1-3H3/t24-/m1/s1. The Hall–Kier alpha value is -1.79. The number of hydrogen-bond donors (Lipinski definition) is 0. The summed E-state index contributed by atoms with van der Waals surface area (Å²) < 4.78 is 17.4. The Bertz CT molecular complexity index is 862. The number of benzene rings is 1. The molecule has 35 heavy (non-hydrogen) atoms. The second-order valence-electron chi connectivity index (χ2n) is 12.4. The van der Waals surface area contributed by atoms with Gasteiger partial charge in [-0.15, -0.1) is 0 Å². The van der Waals surface area contributed by atoms with Crippen LogP contribution in [0.2, 0.25) is 0 Å². The van der Waals surface area contributed by atoms with Crippen molar-refractivity contribution in [2.45, 2.75) is 83.3 Å². The number of ether oxygens (including phenoxy) is 3. The van der Waals surface area contributed by atoms with E-state index in [1.165, 1.54) is 37.7 Å². The van der Waals surface area contributed by atoms with Gasteiger partial charge in [0.15, 0.2) is 0 Å². The molecule has 3 aliphatic heterocycles. The molecule has 6 nitrogen and oxygen atoms in total. The topological polar surface area (TPSA) is 51.2 Å². The smallest absolute Gasteiger partial charge is 0.410 e. The van der Waals surface area contributed by atoms with Gasteiger partial charge in [0.05, 0.1) is 6.61 Å². The van der Waals surface area contributed by atoms with Crippen LogP contribution < -0.4 is 4.74 Å². The van der Waals surface area contributed by atoms with Crippen LogP contribution in [0.5, 0.6) is 5.75 Å². The van der Waals surface area contributed by atoms with Gasteiger partial charge in [0.2, 0.25) is 0 Å². The molecule has 0 radical (unpaired) electrons. The molecule has 0 aromatic heterocycles. The minimum absolute atomic E-state index is 0.148. The number of nitrogens with zero attached hydrogens (tertiary/aromatic N) is 2. The maximum absolute atomic E-state index is 12.4. The summed E-state index contributed by atoms with van der Waals surface area (Å²) in [5.41, 5.74) is 1.30. The van der Waals surface area contributed by atoms with Crippen LogP contribution in [-0.2, 0) is 9.47 Å². The zero-order valence-electron chi connectivity index (χ0n) is 22.0. The molecule has 4 fully saturated rings. The van der Waals surface area contributed by atoms with E-state index in [-0.39, 0.29) is 6.09 Å². The maximum atomic E-state index is 12.4. The number of carbonyl (C=O) groups excluding carboxylic acids is 1. The molecule has 1 aromatic rings. The lowest BCUT2D eigenvalue weighted by molar-refractivity contribution is -0.0347. The highest BCUT2D eigenvalue weighted by Gasteiger charge is 2.51. The number of hydrogen-bond acceptors (Lipinski definition) is 5. The van der Waals surface area contributed by atoms with E-state index in [1.54, 1.807) is 0 Å². The lowest BCUT2D eigenvalue weighted by Gasteiger charge is -2.48. The van der Waals surface area contributed by atoms with Gasteiger partial charge in [0.1, 0.15) is 11.4 Å². The Labute approximate surface area is 211 Å². The first-order chi connectivity index (χ1) is 16.8. The van der Waals surface area contributed by atoms with E-state index in [9.17, 15) is 4.79 Å². The third kappa shape index (κ3) is 5.96. The molecule has 6 heteroatoms. The van der Waals surface area contributed by atoms with E-state index in [0.29, 0.717) is 23.3 Å². The second-order valence-corrected chi connectivity index (χ2v) is 12.4. The fraction of sp³-hybridized carbons (Fsp3) is 0.759. The minimum atomic E-state index is -0.420. The summed E-state index contributed by atoms with van der Waals surface area (Å²) in [7, 11) is 0. The van der Waals surface area contributed by atoms with E-state index >= 15 is 0 Å². The Kier molecular flexibility index (Phi) is 7.32. The number of amides is 1. The molecule has 4 aliphatic rings. The van der Waals surface area contributed by atoms with Crippen molar-refractivity contribution in [1.29, 1.82) is 0 Å². The molecular weight excluding hydrogens is 440 g/mol. The van der Waals surface area contributed by atoms with E-state index < -0.39 is 5.60 Å². The molecular formula is C29H44N2O4. The van der Waals surface area contributed by atoms with Crippen molar-refractivity contribution in [3.05, 3.63) is 29.8 Å². The zero-order valence-corrected chi connectivity index (χ0v) is 22.0. The van der Waals surface area contributed by atoms with E-state index in [1.807, 2.05) is 25.7 Å². The lowest BCUT2D eigenvalue weighted by atomic mass is 9.78. The largest absolute Gasteiger partial charge is 0.493 e. The number of piperidine rings is 1. The van der Waals surface area contributed by atoms with Crippen LogP contribution in [0, 0.1) is 11.3 Å². The van der Waals surface area contributed by atoms with Gasteiger partial charge in [-0.1, -0.05) is 18.2 Å². The molecule has 1 atom stereocenters. The third-order valence-electron chi connectivity index (χ3n) is 8.60. The Morgan fingerprint density at radius 2 is 1.77 bits per heavy atom. The van der Waals surface area contributed by atoms with Crippen molar-refractivity contribution in [2.24, 2.45) is 11.3 Å². The van der Waals surface area contributed by atoms with Crippen molar-refractivity contribution >= 4 is 6.09 Å². The fourth-order valence-corrected chi connectivity index (χ4v) is 6.64. The predicted molar refractivity (Wildman–Crippen MR) is 137 cm³/mol. The van der Waals surface area contributed by atoms with Crippen molar-refractivity contribution in [2.75, 3.05) is 46.0 Å². The summed E-state index contributed by atoms with van der Waals surface area (Å²) in [6, 6.07) is 9.38. The molecule has 1 spiro atoms. The van der Waals surface area contributed by atoms with Gasteiger partial charge in [0, 0.05) is 37.8 Å². The number of carbonyl (C=O) groups is 1. The van der Waals surface area contributed by atoms with Crippen LogP contribution in [0.1, 0.15) is 77.2 Å². The van der Waals surface area contributed by atoms with E-state index in [2.05, 4.69) is 29.2 Å². The Morgan fingerprint density at radius 1 is 1.06 bits per heavy atom. The van der Waals surface area contributed by atoms with Crippen molar-refractivity contribution in [3.63, 3.8) is 0 Å². The Balaban J connectivity index is 1.09. The molecule has 5 rings (SSSR count). The first-order valence-electron chi connectivity index (χ1n) is 13.8. The van der Waals surface area contributed by atoms with Crippen molar-refractivity contribution in [3.8, 4) is 5.75 Å². The maximum Gasteiger partial charge on any atom is 0.410 e. The third-order valence-corrected chi connectivity index (χ3v) is 8.60. The van der Waals surface area contributed by atoms with Gasteiger partial charge in [-0.2, -0.15) is 0 Å². The number of rotatable bonds is 5. The molecule has 0 N–H and O–H groups in total. The predicted octanol–water partition coefficient (Wildman–Crippen LogP) is 5.46. The van der Waals surface area contributed by atoms with Crippen LogP contribution >= 0.6 is 0 Å². The summed E-state index contributed by atoms with van der Waals surface area (Å²) in [6.07, 6.45) is 8.19. The molecule has 0 bridgehead atoms. The van der Waals surface area contributed by atoms with Crippen LogP contribution in [-0.4, -0.2) is 73.5 Å². The van der Waals surface area contributed by atoms with Gasteiger partial charge in [-0.3, -0.25) is 0 Å². The van der Waals surface area contributed by atoms with Crippen molar-refractivity contribution < 1.29 is 19.0 Å². The SMILES string of the molecule is CC(C)(C)OC(=O)N1CC2(CC[C@@H](N3CCC(c4ccccc4OCC4CCOCC4)CC3)C2)C1. The minimum Gasteiger partial charge on any atom is -0.493 e. The first-order valence-corrected chi connectivity index (χ1v) is 13.8. The summed E-state index contributed by atoms with van der Waals surface area (Å²) >= 11 is 0. The molecule has 3 saturated heterocycles. The molecule has 1 aromatic carbocycles. The molecule has 3 heterocycles. The molecule has 1 saturated carbocycles. The highest BCUT2D eigenvalue weighted by Crippen LogP contribution is 2.48. The zero-order chi connectivity index (χ0) is 24.5. The van der Waals surface area contributed by atoms with Crippen molar-refractivity contribution in [1.82, 2.24) is 9.80 Å². The molecule has 1 amide bonds.